The molecule has 0 saturated heterocycles. The summed E-state index contributed by atoms with van der Waals surface area (Å²) in [5.74, 6) is 0.876. The molecule has 2 rings (SSSR count). The van der Waals surface area contributed by atoms with Gasteiger partial charge in [-0.05, 0) is 47.6 Å². The summed E-state index contributed by atoms with van der Waals surface area (Å²) < 4.78 is 8.23. The van der Waals surface area contributed by atoms with Crippen LogP contribution in [0.3, 0.4) is 0 Å². The average molecular weight is 338 g/mol. The lowest BCUT2D eigenvalue weighted by Crippen LogP contribution is -2.20. The molecule has 20 heavy (non-hydrogen) atoms. The fourth-order valence-corrected chi connectivity index (χ4v) is 2.82. The van der Waals surface area contributed by atoms with Crippen LogP contribution in [0.4, 0.5) is 0 Å². The first-order valence-corrected chi connectivity index (χ1v) is 7.35. The summed E-state index contributed by atoms with van der Waals surface area (Å²) in [4.78, 5) is 0. The van der Waals surface area contributed by atoms with Gasteiger partial charge < -0.3 is 10.1 Å². The van der Waals surface area contributed by atoms with Crippen molar-refractivity contribution < 1.29 is 4.74 Å². The highest BCUT2D eigenvalue weighted by molar-refractivity contribution is 9.10. The molecule has 108 valence electrons. The van der Waals surface area contributed by atoms with E-state index in [1.165, 1.54) is 11.3 Å². The molecule has 4 nitrogen and oxygen atoms in total. The molecule has 1 atom stereocenters. The van der Waals surface area contributed by atoms with E-state index in [-0.39, 0.29) is 6.04 Å². The third-order valence-electron chi connectivity index (χ3n) is 3.53. The number of hydrogen-bond acceptors (Lipinski definition) is 3. The van der Waals surface area contributed by atoms with E-state index >= 15 is 0 Å². The molecule has 1 N–H and O–H groups in total. The van der Waals surface area contributed by atoms with Crippen LogP contribution in [0.15, 0.2) is 28.7 Å². The van der Waals surface area contributed by atoms with Crippen LogP contribution >= 0.6 is 15.9 Å². The van der Waals surface area contributed by atoms with Crippen LogP contribution in [0.1, 0.15) is 23.0 Å². The summed E-state index contributed by atoms with van der Waals surface area (Å²) in [6.45, 7) is 2.01. The quantitative estimate of drug-likeness (QED) is 0.911. The van der Waals surface area contributed by atoms with Crippen molar-refractivity contribution in [2.75, 3.05) is 14.2 Å². The zero-order valence-corrected chi connectivity index (χ0v) is 13.9. The molecule has 5 heteroatoms. The van der Waals surface area contributed by atoms with Gasteiger partial charge in [-0.25, -0.2) is 0 Å². The van der Waals surface area contributed by atoms with Crippen molar-refractivity contribution >= 4 is 15.9 Å². The van der Waals surface area contributed by atoms with Gasteiger partial charge in [0.25, 0.3) is 0 Å². The lowest BCUT2D eigenvalue weighted by Gasteiger charge is -2.17. The Morgan fingerprint density at radius 2 is 2.00 bits per heavy atom. The lowest BCUT2D eigenvalue weighted by molar-refractivity contribution is 0.414. The highest BCUT2D eigenvalue weighted by Gasteiger charge is 2.17. The molecule has 0 fully saturated rings. The molecule has 1 aromatic heterocycles. The van der Waals surface area contributed by atoms with Crippen molar-refractivity contribution in [1.82, 2.24) is 15.1 Å². The van der Waals surface area contributed by atoms with Gasteiger partial charge in [0.05, 0.1) is 23.0 Å². The molecule has 0 saturated carbocycles. The highest BCUT2D eigenvalue weighted by Crippen LogP contribution is 2.26. The van der Waals surface area contributed by atoms with Gasteiger partial charge in [-0.1, -0.05) is 12.1 Å². The van der Waals surface area contributed by atoms with E-state index in [0.29, 0.717) is 0 Å². The maximum absolute atomic E-state index is 5.20. The van der Waals surface area contributed by atoms with Crippen LogP contribution in [-0.4, -0.2) is 23.9 Å². The normalized spacial score (nSPS) is 12.4. The van der Waals surface area contributed by atoms with Crippen molar-refractivity contribution in [2.45, 2.75) is 19.4 Å². The van der Waals surface area contributed by atoms with E-state index in [1.54, 1.807) is 7.11 Å². The third kappa shape index (κ3) is 3.04. The Balaban J connectivity index is 2.23. The second-order valence-corrected chi connectivity index (χ2v) is 5.58. The summed E-state index contributed by atoms with van der Waals surface area (Å²) in [6.07, 6.45) is 0.876. The fraction of sp³-hybridized carbons (Fsp3) is 0.400. The highest BCUT2D eigenvalue weighted by atomic mass is 79.9. The van der Waals surface area contributed by atoms with E-state index < -0.39 is 0 Å². The van der Waals surface area contributed by atoms with E-state index in [4.69, 9.17) is 4.74 Å². The molecule has 1 aromatic carbocycles. The monoisotopic (exact) mass is 337 g/mol. The SMILES string of the molecule is CNC(Cc1c(Br)c(C)nn1C)c1ccc(OC)cc1. The van der Waals surface area contributed by atoms with Crippen LogP contribution in [0.2, 0.25) is 0 Å². The van der Waals surface area contributed by atoms with E-state index in [0.717, 1.165) is 22.3 Å². The Morgan fingerprint density at radius 3 is 2.45 bits per heavy atom. The summed E-state index contributed by atoms with van der Waals surface area (Å²) in [6, 6.07) is 8.41. The lowest BCUT2D eigenvalue weighted by atomic mass is 10.0. The molecule has 0 bridgehead atoms. The Hall–Kier alpha value is -1.33. The number of benzene rings is 1. The molecule has 1 unspecified atom stereocenters. The van der Waals surface area contributed by atoms with Gasteiger partial charge in [-0.15, -0.1) is 0 Å². The van der Waals surface area contributed by atoms with Gasteiger partial charge in [0.2, 0.25) is 0 Å². The Bertz CT molecular complexity index is 578. The molecule has 1 heterocycles. The van der Waals surface area contributed by atoms with Gasteiger partial charge in [0.1, 0.15) is 5.75 Å². The van der Waals surface area contributed by atoms with Gasteiger partial charge in [-0.2, -0.15) is 5.10 Å². The molecule has 0 spiro atoms. The molecule has 2 aromatic rings. The molecular formula is C15H20BrN3O. The van der Waals surface area contributed by atoms with Gasteiger partial charge in [0.15, 0.2) is 0 Å². The minimum Gasteiger partial charge on any atom is -0.497 e. The summed E-state index contributed by atoms with van der Waals surface area (Å²) in [5, 5.41) is 7.81. The minimum atomic E-state index is 0.243. The molecule has 0 amide bonds. The van der Waals surface area contributed by atoms with E-state index in [2.05, 4.69) is 38.5 Å². The molecular weight excluding hydrogens is 318 g/mol. The number of ether oxygens (including phenoxy) is 1. The number of halogens is 1. The third-order valence-corrected chi connectivity index (χ3v) is 4.56. The number of likely N-dealkylation sites (N-methyl/N-ethyl adjacent to an activating group) is 1. The maximum atomic E-state index is 5.20. The predicted octanol–water partition coefficient (Wildman–Crippen LogP) is 3.00. The number of hydrogen-bond donors (Lipinski definition) is 1. The van der Waals surface area contributed by atoms with Gasteiger partial charge in [-0.3, -0.25) is 4.68 Å². The second-order valence-electron chi connectivity index (χ2n) is 4.79. The second kappa shape index (κ2) is 6.41. The summed E-state index contributed by atoms with van der Waals surface area (Å²) in [7, 11) is 5.64. The van der Waals surface area contributed by atoms with Crippen molar-refractivity contribution in [3.05, 3.63) is 45.7 Å². The van der Waals surface area contributed by atoms with Crippen LogP contribution in [0.25, 0.3) is 0 Å². The zero-order valence-electron chi connectivity index (χ0n) is 12.3. The smallest absolute Gasteiger partial charge is 0.118 e. The van der Waals surface area contributed by atoms with E-state index in [1.807, 2.05) is 37.8 Å². The minimum absolute atomic E-state index is 0.243. The Labute approximate surface area is 128 Å². The van der Waals surface area contributed by atoms with Gasteiger partial charge in [0, 0.05) is 19.5 Å². The Kier molecular flexibility index (Phi) is 4.83. The molecule has 0 radical (unpaired) electrons. The average Bonchev–Trinajstić information content (AvgIpc) is 2.70. The largest absolute Gasteiger partial charge is 0.497 e. The summed E-state index contributed by atoms with van der Waals surface area (Å²) in [5.41, 5.74) is 3.45. The first kappa shape index (κ1) is 15.1. The zero-order chi connectivity index (χ0) is 14.7. The van der Waals surface area contributed by atoms with Crippen LogP contribution in [0, 0.1) is 6.92 Å². The number of rotatable bonds is 5. The standard InChI is InChI=1S/C15H20BrN3O/c1-10-15(16)14(19(3)18-10)9-13(17-2)11-5-7-12(20-4)8-6-11/h5-8,13,17H,9H2,1-4H3. The van der Waals surface area contributed by atoms with Crippen LogP contribution in [0.5, 0.6) is 5.75 Å². The van der Waals surface area contributed by atoms with Crippen molar-refractivity contribution in [3.63, 3.8) is 0 Å². The number of nitrogens with zero attached hydrogens (tertiary/aromatic N) is 2. The first-order chi connectivity index (χ1) is 9.56. The maximum Gasteiger partial charge on any atom is 0.118 e. The van der Waals surface area contributed by atoms with Crippen LogP contribution in [-0.2, 0) is 13.5 Å². The number of aryl methyl sites for hydroxylation is 2. The number of methoxy groups -OCH3 is 1. The number of nitrogens with one attached hydrogen (secondary N) is 1. The van der Waals surface area contributed by atoms with Crippen LogP contribution < -0.4 is 10.1 Å². The molecule has 0 aliphatic rings. The number of aromatic nitrogens is 2. The van der Waals surface area contributed by atoms with Crippen molar-refractivity contribution in [3.8, 4) is 5.75 Å². The van der Waals surface area contributed by atoms with Crippen molar-refractivity contribution in [1.29, 1.82) is 0 Å². The fourth-order valence-electron chi connectivity index (χ4n) is 2.32. The topological polar surface area (TPSA) is 39.1 Å². The summed E-state index contributed by atoms with van der Waals surface area (Å²) >= 11 is 3.62. The van der Waals surface area contributed by atoms with Crippen molar-refractivity contribution in [2.24, 2.45) is 7.05 Å². The molecule has 0 aliphatic carbocycles. The van der Waals surface area contributed by atoms with E-state index in [9.17, 15) is 0 Å². The Morgan fingerprint density at radius 1 is 1.35 bits per heavy atom. The predicted molar refractivity (Wildman–Crippen MR) is 84.1 cm³/mol. The first-order valence-electron chi connectivity index (χ1n) is 6.56. The van der Waals surface area contributed by atoms with Gasteiger partial charge >= 0.3 is 0 Å². The molecule has 0 aliphatic heterocycles.